The largest absolute Gasteiger partial charge is 0.431 e. The van der Waals surface area contributed by atoms with E-state index >= 15 is 35.1 Å². The molecule has 0 amide bonds. The molecule has 0 fully saturated rings. The molecule has 0 N–H and O–H groups in total. The van der Waals surface area contributed by atoms with Gasteiger partial charge in [-0.3, -0.25) is 0 Å². The summed E-state index contributed by atoms with van der Waals surface area (Å²) in [5, 5.41) is 1.21. The highest BCUT2D eigenvalue weighted by Crippen LogP contribution is 2.45. The summed E-state index contributed by atoms with van der Waals surface area (Å²) in [6, 6.07) is 40.5. The number of fused-ring (bicyclic) bond motifs is 4. The monoisotopic (exact) mass is 1080 g/mol. The predicted molar refractivity (Wildman–Crippen MR) is 233 cm³/mol. The summed E-state index contributed by atoms with van der Waals surface area (Å²) < 4.78 is 303. The highest BCUT2D eigenvalue weighted by atomic mass is 19.2. The van der Waals surface area contributed by atoms with E-state index in [-0.39, 0.29) is 6.10 Å². The summed E-state index contributed by atoms with van der Waals surface area (Å²) in [6.45, 7) is 0.757. The van der Waals surface area contributed by atoms with Crippen molar-refractivity contribution in [3.8, 4) is 17.0 Å². The molecule has 1 heterocycles. The van der Waals surface area contributed by atoms with Crippen molar-refractivity contribution < 1.29 is 97.1 Å². The van der Waals surface area contributed by atoms with E-state index in [1.54, 1.807) is 0 Å². The van der Waals surface area contributed by atoms with Crippen LogP contribution >= 0.6 is 0 Å². The molecule has 0 aliphatic heterocycles. The Morgan fingerprint density at radius 1 is 0.316 bits per heavy atom. The van der Waals surface area contributed by atoms with E-state index in [0.29, 0.717) is 0 Å². The lowest BCUT2D eigenvalue weighted by atomic mass is 9.12. The Hall–Kier alpha value is -8.37. The highest BCUT2D eigenvalue weighted by Gasteiger charge is 2.52. The van der Waals surface area contributed by atoms with Crippen LogP contribution in [0.3, 0.4) is 0 Å². The summed E-state index contributed by atoms with van der Waals surface area (Å²) >= 11 is 0. The molecule has 1 aromatic heterocycles. The van der Waals surface area contributed by atoms with Crippen molar-refractivity contribution >= 4 is 38.9 Å². The molecule has 0 spiro atoms. The van der Waals surface area contributed by atoms with Crippen LogP contribution in [0.5, 0.6) is 5.88 Å². The first-order chi connectivity index (χ1) is 36.1. The molecule has 8 aromatic carbocycles. The normalized spacial score (nSPS) is 12.2. The van der Waals surface area contributed by atoms with E-state index in [1.165, 1.54) is 38.7 Å². The van der Waals surface area contributed by atoms with Gasteiger partial charge in [0.25, 0.3) is 0 Å². The smallest absolute Gasteiger partial charge is 0.369 e. The third-order valence-corrected chi connectivity index (χ3v) is 12.8. The van der Waals surface area contributed by atoms with Crippen LogP contribution in [0.2, 0.25) is 0 Å². The number of halogens is 20. The molecule has 0 unspecified atom stereocenters. The average molecular weight is 1080 g/mol. The van der Waals surface area contributed by atoms with Gasteiger partial charge in [0, 0.05) is 28.1 Å². The number of para-hydroxylation sites is 1. The lowest BCUT2D eigenvalue weighted by Crippen LogP contribution is -2.81. The molecular formula is C53H22BF20NO. The molecule has 0 bridgehead atoms. The molecule has 0 saturated carbocycles. The third kappa shape index (κ3) is 7.96. The van der Waals surface area contributed by atoms with E-state index in [2.05, 4.69) is 120 Å². The number of nitrogens with zero attached hydrogens (tertiary/aromatic N) is 1. The quantitative estimate of drug-likeness (QED) is 0.0486. The van der Waals surface area contributed by atoms with Crippen molar-refractivity contribution in [2.75, 3.05) is 0 Å². The summed E-state index contributed by atoms with van der Waals surface area (Å²) in [5.41, 5.74) is -6.93. The van der Waals surface area contributed by atoms with Crippen LogP contribution < -0.4 is 31.2 Å². The molecule has 0 atom stereocenters. The lowest BCUT2D eigenvalue weighted by molar-refractivity contribution is -0.668. The Bertz CT molecular complexity index is 3430. The van der Waals surface area contributed by atoms with Gasteiger partial charge in [0.2, 0.25) is 5.52 Å². The Kier molecular flexibility index (Phi) is 13.6. The van der Waals surface area contributed by atoms with Crippen LogP contribution in [-0.2, 0) is 6.54 Å². The molecule has 76 heavy (non-hydrogen) atoms. The zero-order valence-corrected chi connectivity index (χ0v) is 37.2. The van der Waals surface area contributed by atoms with Crippen molar-refractivity contribution in [1.82, 2.24) is 0 Å². The van der Waals surface area contributed by atoms with Crippen LogP contribution in [0.1, 0.15) is 22.8 Å². The third-order valence-electron chi connectivity index (χ3n) is 12.8. The second kappa shape index (κ2) is 19.7. The second-order valence-corrected chi connectivity index (χ2v) is 16.8. The first-order valence-electron chi connectivity index (χ1n) is 21.6. The molecule has 9 aromatic rings. The number of benzene rings is 8. The molecular weight excluding hydrogens is 1060 g/mol. The number of hydrogen-bond acceptors (Lipinski definition) is 1. The van der Waals surface area contributed by atoms with Gasteiger partial charge in [-0.2, -0.15) is 4.57 Å². The van der Waals surface area contributed by atoms with E-state index in [4.69, 9.17) is 4.74 Å². The molecule has 23 heteroatoms. The fraction of sp³-hybridized carbons (Fsp3) is 0.0377. The number of aromatic nitrogens is 1. The Morgan fingerprint density at radius 3 is 0.987 bits per heavy atom. The average Bonchev–Trinajstić information content (AvgIpc) is 3.89. The van der Waals surface area contributed by atoms with Gasteiger partial charge < -0.3 is 4.74 Å². The first-order valence-corrected chi connectivity index (χ1v) is 21.6. The van der Waals surface area contributed by atoms with E-state index in [9.17, 15) is 52.7 Å². The Balaban J connectivity index is 0.000000197. The maximum Gasteiger partial charge on any atom is 0.369 e. The van der Waals surface area contributed by atoms with Crippen LogP contribution in [0.25, 0.3) is 22.0 Å². The molecule has 0 saturated heterocycles. The van der Waals surface area contributed by atoms with Crippen molar-refractivity contribution in [2.24, 2.45) is 0 Å². The number of hydrogen-bond donors (Lipinski definition) is 0. The number of pyridine rings is 1. The van der Waals surface area contributed by atoms with E-state index in [0.717, 1.165) is 12.4 Å². The zero-order chi connectivity index (χ0) is 55.0. The maximum atomic E-state index is 15.4. The molecule has 2 nitrogen and oxygen atoms in total. The van der Waals surface area contributed by atoms with Crippen molar-refractivity contribution in [3.63, 3.8) is 0 Å². The zero-order valence-electron chi connectivity index (χ0n) is 37.2. The van der Waals surface area contributed by atoms with E-state index < -0.39 is 144 Å². The summed E-state index contributed by atoms with van der Waals surface area (Å²) in [6.07, 6.45) is -7.33. The van der Waals surface area contributed by atoms with Crippen LogP contribution in [-0.4, -0.2) is 6.15 Å². The van der Waals surface area contributed by atoms with Crippen LogP contribution in [0.4, 0.5) is 87.8 Å². The molecule has 1 aliphatic rings. The van der Waals surface area contributed by atoms with E-state index in [1.807, 2.05) is 0 Å². The van der Waals surface area contributed by atoms with Gasteiger partial charge in [-0.25, -0.2) is 87.8 Å². The van der Waals surface area contributed by atoms with Crippen LogP contribution in [0.15, 0.2) is 115 Å². The SMILES string of the molecule is Fc1c(F)c(F)c([B-](c2c(F)c(F)c(F)c(F)c2F)(c2c(F)c(F)c(F)c(F)c2F)c2c(F)c(F)c(F)c(F)c2F)c(F)c1F.c1ccc(C[n+]2c(OC3c4ccccc4-c4ccccc43)ccc3ccccc32)cc1. The minimum absolute atomic E-state index is 0.115. The van der Waals surface area contributed by atoms with Gasteiger partial charge in [-0.05, 0) is 23.3 Å². The van der Waals surface area contributed by atoms with Crippen molar-refractivity contribution in [3.05, 3.63) is 248 Å². The molecule has 1 aliphatic carbocycles. The minimum atomic E-state index is -7.22. The maximum absolute atomic E-state index is 15.4. The molecule has 10 rings (SSSR count). The summed E-state index contributed by atoms with van der Waals surface area (Å²) in [7, 11) is 0. The Morgan fingerprint density at radius 2 is 0.618 bits per heavy atom. The second-order valence-electron chi connectivity index (χ2n) is 16.8. The molecule has 0 radical (unpaired) electrons. The van der Waals surface area contributed by atoms with Gasteiger partial charge in [0.05, 0.1) is 6.07 Å². The minimum Gasteiger partial charge on any atom is -0.431 e. The number of ether oxygens (including phenoxy) is 1. The topological polar surface area (TPSA) is 13.1 Å². The standard InChI is InChI=1S/C29H22NO.C24BF20/c1-2-10-21(11-3-1)20-30-27-17-9-4-12-22(27)18-19-28(30)31-29-25-15-7-5-13-23(25)24-14-6-8-16-26(24)29;26-5-1(6(27)14(35)21(42)13(5)34)25(2-7(28)15(36)22(43)16(37)8(2)29,3-9(30)17(38)23(44)18(39)10(3)31)4-11(32)19(40)24(45)20(41)12(4)33/h1-19,29H,20H2;/q+1;-1. The van der Waals surface area contributed by atoms with Crippen molar-refractivity contribution in [1.29, 1.82) is 0 Å². The summed E-state index contributed by atoms with van der Waals surface area (Å²) in [5.74, 6) is -70.5. The summed E-state index contributed by atoms with van der Waals surface area (Å²) in [4.78, 5) is 0. The van der Waals surface area contributed by atoms with Gasteiger partial charge in [-0.1, -0.05) is 91.0 Å². The molecule has 388 valence electrons. The van der Waals surface area contributed by atoms with Gasteiger partial charge >= 0.3 is 5.88 Å². The number of rotatable bonds is 8. The van der Waals surface area contributed by atoms with Crippen LogP contribution in [0, 0.1) is 116 Å². The van der Waals surface area contributed by atoms with Gasteiger partial charge in [0.15, 0.2) is 82.5 Å². The van der Waals surface area contributed by atoms with Gasteiger partial charge in [-0.15, -0.1) is 21.9 Å². The Labute approximate surface area is 413 Å². The fourth-order valence-electron chi connectivity index (χ4n) is 9.51. The predicted octanol–water partition coefficient (Wildman–Crippen LogP) is 12.2. The fourth-order valence-corrected chi connectivity index (χ4v) is 9.51. The van der Waals surface area contributed by atoms with Gasteiger partial charge in [0.1, 0.15) is 52.7 Å². The first kappa shape index (κ1) is 52.5. The highest BCUT2D eigenvalue weighted by molar-refractivity contribution is 7.20. The lowest BCUT2D eigenvalue weighted by Gasteiger charge is -2.44. The van der Waals surface area contributed by atoms with Crippen molar-refractivity contribution in [2.45, 2.75) is 12.6 Å².